The van der Waals surface area contributed by atoms with Crippen LogP contribution in [0.2, 0.25) is 0 Å². The molecule has 1 atom stereocenters. The van der Waals surface area contributed by atoms with Gasteiger partial charge in [-0.2, -0.15) is 13.2 Å². The molecule has 2 heterocycles. The highest BCUT2D eigenvalue weighted by atomic mass is 79.9. The second-order valence-electron chi connectivity index (χ2n) is 5.52. The van der Waals surface area contributed by atoms with Gasteiger partial charge in [0, 0.05) is 29.2 Å². The number of rotatable bonds is 4. The summed E-state index contributed by atoms with van der Waals surface area (Å²) in [6.45, 7) is -0.238. The molecule has 3 rings (SSSR count). The second kappa shape index (κ2) is 6.93. The van der Waals surface area contributed by atoms with Gasteiger partial charge in [0.1, 0.15) is 5.82 Å². The Bertz CT molecular complexity index is 721. The Morgan fingerprint density at radius 2 is 2.12 bits per heavy atom. The quantitative estimate of drug-likeness (QED) is 0.748. The van der Waals surface area contributed by atoms with Gasteiger partial charge in [-0.25, -0.2) is 4.39 Å². The van der Waals surface area contributed by atoms with Crippen molar-refractivity contribution < 1.29 is 17.6 Å². The number of halogens is 5. The number of aromatic nitrogens is 2. The standard InChI is InChI=1S/C14H13BrF4N4S/c15-8-1-2-11(16)10(5-8)12-21-22-13(24-12)20-9-3-4-23(6-9)7-14(17,18)19/h1-2,5,9H,3-4,6-7H2,(H,20,22). The average molecular weight is 425 g/mol. The Labute approximate surface area is 148 Å². The molecule has 0 spiro atoms. The molecule has 1 aliphatic heterocycles. The van der Waals surface area contributed by atoms with Crippen LogP contribution in [0, 0.1) is 5.82 Å². The number of likely N-dealkylation sites (tertiary alicyclic amines) is 1. The number of alkyl halides is 3. The minimum Gasteiger partial charge on any atom is -0.356 e. The van der Waals surface area contributed by atoms with E-state index in [-0.39, 0.29) is 6.04 Å². The number of anilines is 1. The Morgan fingerprint density at radius 1 is 1.33 bits per heavy atom. The summed E-state index contributed by atoms with van der Waals surface area (Å²) in [7, 11) is 0. The molecule has 1 saturated heterocycles. The Hall–Kier alpha value is -1.26. The van der Waals surface area contributed by atoms with E-state index in [0.29, 0.717) is 35.2 Å². The number of benzene rings is 1. The maximum absolute atomic E-state index is 13.9. The van der Waals surface area contributed by atoms with Gasteiger partial charge in [0.25, 0.3) is 0 Å². The van der Waals surface area contributed by atoms with Gasteiger partial charge in [0.05, 0.1) is 6.54 Å². The third-order valence-electron chi connectivity index (χ3n) is 3.59. The lowest BCUT2D eigenvalue weighted by molar-refractivity contribution is -0.143. The van der Waals surface area contributed by atoms with Crippen LogP contribution in [0.15, 0.2) is 22.7 Å². The molecule has 0 radical (unpaired) electrons. The molecule has 1 fully saturated rings. The van der Waals surface area contributed by atoms with Gasteiger partial charge in [-0.1, -0.05) is 27.3 Å². The van der Waals surface area contributed by atoms with E-state index < -0.39 is 18.5 Å². The summed E-state index contributed by atoms with van der Waals surface area (Å²) in [6.07, 6.45) is -3.60. The molecule has 1 aromatic carbocycles. The van der Waals surface area contributed by atoms with Crippen LogP contribution < -0.4 is 5.32 Å². The highest BCUT2D eigenvalue weighted by molar-refractivity contribution is 9.10. The van der Waals surface area contributed by atoms with Crippen molar-refractivity contribution in [2.24, 2.45) is 0 Å². The van der Waals surface area contributed by atoms with E-state index in [1.54, 1.807) is 12.1 Å². The van der Waals surface area contributed by atoms with Gasteiger partial charge in [0.15, 0.2) is 5.01 Å². The van der Waals surface area contributed by atoms with Crippen molar-refractivity contribution in [1.82, 2.24) is 15.1 Å². The zero-order valence-electron chi connectivity index (χ0n) is 12.3. The molecule has 2 aromatic rings. The van der Waals surface area contributed by atoms with Gasteiger partial charge >= 0.3 is 6.18 Å². The molecule has 1 aliphatic rings. The molecule has 24 heavy (non-hydrogen) atoms. The van der Waals surface area contributed by atoms with E-state index in [2.05, 4.69) is 31.4 Å². The zero-order chi connectivity index (χ0) is 17.3. The first-order chi connectivity index (χ1) is 11.3. The van der Waals surface area contributed by atoms with E-state index in [9.17, 15) is 17.6 Å². The van der Waals surface area contributed by atoms with Crippen LogP contribution in [0.25, 0.3) is 10.6 Å². The van der Waals surface area contributed by atoms with Gasteiger partial charge in [-0.15, -0.1) is 10.2 Å². The monoisotopic (exact) mass is 424 g/mol. The predicted octanol–water partition coefficient (Wildman–Crippen LogP) is 4.16. The summed E-state index contributed by atoms with van der Waals surface area (Å²) in [5.41, 5.74) is 0.333. The Balaban J connectivity index is 1.64. The van der Waals surface area contributed by atoms with E-state index in [4.69, 9.17) is 0 Å². The normalized spacial score (nSPS) is 19.0. The molecule has 0 aliphatic carbocycles. The van der Waals surface area contributed by atoms with Crippen LogP contribution >= 0.6 is 27.3 Å². The molecule has 1 unspecified atom stereocenters. The summed E-state index contributed by atoms with van der Waals surface area (Å²) >= 11 is 4.45. The van der Waals surface area contributed by atoms with E-state index in [1.165, 1.54) is 22.3 Å². The van der Waals surface area contributed by atoms with Crippen molar-refractivity contribution in [2.45, 2.75) is 18.6 Å². The SMILES string of the molecule is Fc1ccc(Br)cc1-c1nnc(NC2CCN(CC(F)(F)F)C2)s1. The van der Waals surface area contributed by atoms with Crippen LogP contribution in [0.5, 0.6) is 0 Å². The molecule has 4 nitrogen and oxygen atoms in total. The summed E-state index contributed by atoms with van der Waals surface area (Å²) in [5, 5.41) is 11.9. The fourth-order valence-electron chi connectivity index (χ4n) is 2.57. The largest absolute Gasteiger partial charge is 0.401 e. The lowest BCUT2D eigenvalue weighted by atomic mass is 10.2. The topological polar surface area (TPSA) is 41.1 Å². The minimum absolute atomic E-state index is 0.125. The van der Waals surface area contributed by atoms with Crippen molar-refractivity contribution in [1.29, 1.82) is 0 Å². The molecule has 0 amide bonds. The summed E-state index contributed by atoms with van der Waals surface area (Å²) in [5.74, 6) is -0.405. The first-order valence-electron chi connectivity index (χ1n) is 7.15. The van der Waals surface area contributed by atoms with E-state index in [0.717, 1.165) is 4.47 Å². The van der Waals surface area contributed by atoms with Crippen molar-refractivity contribution in [3.05, 3.63) is 28.5 Å². The minimum atomic E-state index is -4.19. The lowest BCUT2D eigenvalue weighted by Crippen LogP contribution is -2.34. The van der Waals surface area contributed by atoms with Gasteiger partial charge in [0.2, 0.25) is 5.13 Å². The summed E-state index contributed by atoms with van der Waals surface area (Å²) in [4.78, 5) is 1.35. The maximum Gasteiger partial charge on any atom is 0.401 e. The van der Waals surface area contributed by atoms with Gasteiger partial charge in [-0.3, -0.25) is 4.90 Å². The van der Waals surface area contributed by atoms with Crippen LogP contribution in [-0.2, 0) is 0 Å². The first kappa shape index (κ1) is 17.6. The molecule has 1 N–H and O–H groups in total. The number of nitrogens with one attached hydrogen (secondary N) is 1. The smallest absolute Gasteiger partial charge is 0.356 e. The van der Waals surface area contributed by atoms with Gasteiger partial charge < -0.3 is 5.32 Å². The second-order valence-corrected chi connectivity index (χ2v) is 7.41. The van der Waals surface area contributed by atoms with Crippen molar-refractivity contribution in [3.63, 3.8) is 0 Å². The van der Waals surface area contributed by atoms with Crippen LogP contribution in [0.1, 0.15) is 6.42 Å². The number of nitrogens with zero attached hydrogens (tertiary/aromatic N) is 3. The maximum atomic E-state index is 13.9. The van der Waals surface area contributed by atoms with Gasteiger partial charge in [-0.05, 0) is 24.6 Å². The summed E-state index contributed by atoms with van der Waals surface area (Å²) < 4.78 is 51.8. The molecular weight excluding hydrogens is 412 g/mol. The number of hydrogen-bond acceptors (Lipinski definition) is 5. The third kappa shape index (κ3) is 4.42. The Kier molecular flexibility index (Phi) is 5.07. The Morgan fingerprint density at radius 3 is 2.88 bits per heavy atom. The fraction of sp³-hybridized carbons (Fsp3) is 0.429. The van der Waals surface area contributed by atoms with E-state index >= 15 is 0 Å². The van der Waals surface area contributed by atoms with Crippen molar-refractivity contribution in [2.75, 3.05) is 25.0 Å². The highest BCUT2D eigenvalue weighted by Crippen LogP contribution is 2.31. The van der Waals surface area contributed by atoms with Crippen molar-refractivity contribution in [3.8, 4) is 10.6 Å². The summed E-state index contributed by atoms with van der Waals surface area (Å²) in [6, 6.07) is 4.41. The molecule has 10 heteroatoms. The lowest BCUT2D eigenvalue weighted by Gasteiger charge is -2.17. The molecular formula is C14H13BrF4N4S. The van der Waals surface area contributed by atoms with Crippen LogP contribution in [0.3, 0.4) is 0 Å². The van der Waals surface area contributed by atoms with E-state index in [1.807, 2.05) is 0 Å². The van der Waals surface area contributed by atoms with Crippen LogP contribution in [0.4, 0.5) is 22.7 Å². The molecule has 130 valence electrons. The fourth-order valence-corrected chi connectivity index (χ4v) is 3.77. The number of hydrogen-bond donors (Lipinski definition) is 1. The van der Waals surface area contributed by atoms with Crippen molar-refractivity contribution >= 4 is 32.4 Å². The van der Waals surface area contributed by atoms with Crippen LogP contribution in [-0.4, -0.2) is 46.9 Å². The highest BCUT2D eigenvalue weighted by Gasteiger charge is 2.34. The molecule has 0 saturated carbocycles. The zero-order valence-corrected chi connectivity index (χ0v) is 14.7. The third-order valence-corrected chi connectivity index (χ3v) is 4.97. The average Bonchev–Trinajstić information content (AvgIpc) is 3.10. The first-order valence-corrected chi connectivity index (χ1v) is 8.76. The molecule has 1 aromatic heterocycles. The molecule has 0 bridgehead atoms. The predicted molar refractivity (Wildman–Crippen MR) is 87.5 cm³/mol.